The molecule has 1 aromatic heterocycles. The Morgan fingerprint density at radius 1 is 1.15 bits per heavy atom. The van der Waals surface area contributed by atoms with Gasteiger partial charge in [-0.2, -0.15) is 5.10 Å². The Morgan fingerprint density at radius 2 is 1.76 bits per heavy atom. The number of hydrogen-bond acceptors (Lipinski definition) is 4. The maximum absolute atomic E-state index is 13.7. The molecular formula is C26H37FN4O2. The Hall–Kier alpha value is -3.06. The van der Waals surface area contributed by atoms with Crippen molar-refractivity contribution in [2.24, 2.45) is 11.7 Å². The van der Waals surface area contributed by atoms with Crippen molar-refractivity contribution in [3.63, 3.8) is 0 Å². The van der Waals surface area contributed by atoms with E-state index in [1.54, 1.807) is 18.2 Å². The summed E-state index contributed by atoms with van der Waals surface area (Å²) in [6.07, 6.45) is 4.40. The Bertz CT molecular complexity index is 1060. The lowest BCUT2D eigenvalue weighted by atomic mass is 10.0. The van der Waals surface area contributed by atoms with Crippen LogP contribution in [0.4, 0.5) is 4.39 Å². The van der Waals surface area contributed by atoms with E-state index in [0.29, 0.717) is 17.5 Å². The van der Waals surface area contributed by atoms with E-state index in [0.717, 1.165) is 23.4 Å². The molecule has 6 nitrogen and oxygen atoms in total. The van der Waals surface area contributed by atoms with Crippen LogP contribution in [0, 0.1) is 11.7 Å². The maximum atomic E-state index is 13.7. The first-order valence-electron chi connectivity index (χ1n) is 11.6. The predicted octanol–water partition coefficient (Wildman–Crippen LogP) is 4.81. The lowest BCUT2D eigenvalue weighted by molar-refractivity contribution is 0.0959. The second-order valence-corrected chi connectivity index (χ2v) is 7.50. The van der Waals surface area contributed by atoms with Gasteiger partial charge in [-0.25, -0.2) is 9.49 Å². The number of nitrogens with two attached hydrogens (primary N) is 1. The number of fused-ring (bicyclic) bond motifs is 1. The van der Waals surface area contributed by atoms with Gasteiger partial charge in [0.25, 0.3) is 11.5 Å². The quantitative estimate of drug-likeness (QED) is 0.524. The molecule has 1 fully saturated rings. The van der Waals surface area contributed by atoms with Crippen LogP contribution < -0.4 is 16.6 Å². The van der Waals surface area contributed by atoms with E-state index < -0.39 is 11.7 Å². The molecule has 1 aliphatic rings. The summed E-state index contributed by atoms with van der Waals surface area (Å²) >= 11 is 0. The lowest BCUT2D eigenvalue weighted by Crippen LogP contribution is -2.19. The van der Waals surface area contributed by atoms with Gasteiger partial charge in [0.2, 0.25) is 0 Å². The van der Waals surface area contributed by atoms with Gasteiger partial charge in [-0.3, -0.25) is 9.59 Å². The van der Waals surface area contributed by atoms with Crippen LogP contribution in [-0.2, 0) is 6.42 Å². The maximum Gasteiger partial charge on any atom is 0.272 e. The Kier molecular flexibility index (Phi) is 12.6. The summed E-state index contributed by atoms with van der Waals surface area (Å²) < 4.78 is 13.7. The molecular weight excluding hydrogens is 419 g/mol. The van der Waals surface area contributed by atoms with Crippen molar-refractivity contribution >= 4 is 16.7 Å². The minimum absolute atomic E-state index is 0.0151. The minimum Gasteiger partial charge on any atom is -0.355 e. The van der Waals surface area contributed by atoms with Crippen LogP contribution in [0.15, 0.2) is 47.3 Å². The van der Waals surface area contributed by atoms with E-state index in [2.05, 4.69) is 29.4 Å². The van der Waals surface area contributed by atoms with Crippen LogP contribution in [0.25, 0.3) is 10.8 Å². The van der Waals surface area contributed by atoms with Crippen molar-refractivity contribution < 1.29 is 9.18 Å². The van der Waals surface area contributed by atoms with E-state index in [-0.39, 0.29) is 11.1 Å². The summed E-state index contributed by atoms with van der Waals surface area (Å²) in [5, 5.41) is 10.2. The highest BCUT2D eigenvalue weighted by Crippen LogP contribution is 2.26. The SMILES string of the molecule is CC.CCC.CNC(=O)c1cc(Cc2n[nH]c(=O)c3ccccc23)ccc1F.NCC1CC1. The fourth-order valence-corrected chi connectivity index (χ4v) is 2.84. The summed E-state index contributed by atoms with van der Waals surface area (Å²) in [6, 6.07) is 11.5. The second-order valence-electron chi connectivity index (χ2n) is 7.50. The molecule has 180 valence electrons. The first kappa shape index (κ1) is 28.0. The number of nitrogens with one attached hydrogen (secondary N) is 2. The van der Waals surface area contributed by atoms with Crippen LogP contribution >= 0.6 is 0 Å². The molecule has 1 saturated carbocycles. The summed E-state index contributed by atoms with van der Waals surface area (Å²) in [6.45, 7) is 9.17. The molecule has 0 bridgehead atoms. The van der Waals surface area contributed by atoms with Crippen molar-refractivity contribution in [3.8, 4) is 0 Å². The monoisotopic (exact) mass is 456 g/mol. The molecule has 2 aromatic carbocycles. The normalized spacial score (nSPS) is 11.7. The Labute approximate surface area is 195 Å². The summed E-state index contributed by atoms with van der Waals surface area (Å²) in [7, 11) is 1.45. The van der Waals surface area contributed by atoms with E-state index in [9.17, 15) is 14.0 Å². The summed E-state index contributed by atoms with van der Waals surface area (Å²) in [5.74, 6) is -0.147. The molecule has 0 unspecified atom stereocenters. The number of rotatable bonds is 4. The molecule has 33 heavy (non-hydrogen) atoms. The first-order valence-corrected chi connectivity index (χ1v) is 11.6. The van der Waals surface area contributed by atoms with E-state index >= 15 is 0 Å². The molecule has 4 rings (SSSR count). The Balaban J connectivity index is 0.000000458. The number of nitrogens with zero attached hydrogens (tertiary/aromatic N) is 1. The van der Waals surface area contributed by atoms with E-state index in [4.69, 9.17) is 5.73 Å². The summed E-state index contributed by atoms with van der Waals surface area (Å²) in [5.41, 5.74) is 6.36. The zero-order valence-electron chi connectivity index (χ0n) is 20.4. The number of hydrogen-bond donors (Lipinski definition) is 3. The predicted molar refractivity (Wildman–Crippen MR) is 134 cm³/mol. The van der Waals surface area contributed by atoms with Crippen molar-refractivity contribution in [1.29, 1.82) is 0 Å². The number of carbonyl (C=O) groups excluding carboxylic acids is 1. The summed E-state index contributed by atoms with van der Waals surface area (Å²) in [4.78, 5) is 23.5. The number of amides is 1. The van der Waals surface area contributed by atoms with Gasteiger partial charge in [0.1, 0.15) is 5.82 Å². The zero-order valence-corrected chi connectivity index (χ0v) is 20.4. The molecule has 1 heterocycles. The smallest absolute Gasteiger partial charge is 0.272 e. The fraction of sp³-hybridized carbons (Fsp3) is 0.423. The average molecular weight is 457 g/mol. The van der Waals surface area contributed by atoms with Crippen LogP contribution in [0.2, 0.25) is 0 Å². The molecule has 1 aliphatic carbocycles. The highest BCUT2D eigenvalue weighted by molar-refractivity contribution is 5.94. The molecule has 7 heteroatoms. The first-order chi connectivity index (χ1) is 15.9. The molecule has 0 saturated heterocycles. The molecule has 0 radical (unpaired) electrons. The van der Waals surface area contributed by atoms with Gasteiger partial charge in [-0.15, -0.1) is 0 Å². The number of benzene rings is 2. The number of carbonyl (C=O) groups is 1. The molecule has 0 atom stereocenters. The molecule has 3 aromatic rings. The molecule has 1 amide bonds. The number of aromatic amines is 1. The molecule has 4 N–H and O–H groups in total. The fourth-order valence-electron chi connectivity index (χ4n) is 2.84. The highest BCUT2D eigenvalue weighted by Gasteiger charge is 2.17. The van der Waals surface area contributed by atoms with E-state index in [1.165, 1.54) is 38.4 Å². The van der Waals surface area contributed by atoms with Crippen LogP contribution in [0.3, 0.4) is 0 Å². The van der Waals surface area contributed by atoms with Gasteiger partial charge in [0, 0.05) is 18.9 Å². The number of H-pyrrole nitrogens is 1. The largest absolute Gasteiger partial charge is 0.355 e. The topological polar surface area (TPSA) is 101 Å². The van der Waals surface area contributed by atoms with Crippen LogP contribution in [0.1, 0.15) is 68.6 Å². The lowest BCUT2D eigenvalue weighted by Gasteiger charge is -2.07. The van der Waals surface area contributed by atoms with Gasteiger partial charge in [0.15, 0.2) is 0 Å². The van der Waals surface area contributed by atoms with Crippen molar-refractivity contribution in [1.82, 2.24) is 15.5 Å². The third-order valence-electron chi connectivity index (χ3n) is 4.68. The van der Waals surface area contributed by atoms with Gasteiger partial charge in [-0.05, 0) is 49.1 Å². The minimum atomic E-state index is -0.576. The second kappa shape index (κ2) is 14.9. The zero-order chi connectivity index (χ0) is 24.8. The molecule has 0 aliphatic heterocycles. The van der Waals surface area contributed by atoms with Crippen molar-refractivity contribution in [2.75, 3.05) is 13.6 Å². The van der Waals surface area contributed by atoms with Crippen LogP contribution in [0.5, 0.6) is 0 Å². The van der Waals surface area contributed by atoms with Gasteiger partial charge >= 0.3 is 0 Å². The third kappa shape index (κ3) is 8.77. The van der Waals surface area contributed by atoms with Gasteiger partial charge in [-0.1, -0.05) is 58.4 Å². The van der Waals surface area contributed by atoms with Crippen LogP contribution in [-0.4, -0.2) is 29.7 Å². The highest BCUT2D eigenvalue weighted by atomic mass is 19.1. The number of aromatic nitrogens is 2. The number of halogens is 1. The Morgan fingerprint density at radius 3 is 2.27 bits per heavy atom. The van der Waals surface area contributed by atoms with Gasteiger partial charge < -0.3 is 11.1 Å². The standard InChI is InChI=1S/C17H14FN3O2.C4H9N.C3H8.C2H6/c1-19-16(22)13-8-10(6-7-14(13)18)9-15-11-4-2-3-5-12(11)17(23)21-20-15;5-3-4-1-2-4;1-3-2;1-2/h2-8H,9H2,1H3,(H,19,22)(H,21,23);4H,1-3,5H2;3H2,1-2H3;1-2H3. The van der Waals surface area contributed by atoms with Crippen molar-refractivity contribution in [2.45, 2.75) is 53.4 Å². The van der Waals surface area contributed by atoms with E-state index in [1.807, 2.05) is 26.0 Å². The van der Waals surface area contributed by atoms with Gasteiger partial charge in [0.05, 0.1) is 16.6 Å². The molecule has 0 spiro atoms. The van der Waals surface area contributed by atoms with Crippen molar-refractivity contribution in [3.05, 3.63) is 75.5 Å². The third-order valence-corrected chi connectivity index (χ3v) is 4.68. The average Bonchev–Trinajstić information content (AvgIpc) is 3.69.